The fourth-order valence-corrected chi connectivity index (χ4v) is 2.30. The van der Waals surface area contributed by atoms with Gasteiger partial charge in [-0.3, -0.25) is 0 Å². The summed E-state index contributed by atoms with van der Waals surface area (Å²) in [5.41, 5.74) is 5.87. The highest BCUT2D eigenvalue weighted by atomic mass is 16.3. The van der Waals surface area contributed by atoms with Crippen LogP contribution < -0.4 is 5.32 Å². The number of aryl methyl sites for hydroxylation is 3. The number of aromatic nitrogens is 1. The normalized spacial score (nSPS) is 10.8. The number of hydrogen-bond acceptors (Lipinski definition) is 3. The minimum atomic E-state index is 0.721. The van der Waals surface area contributed by atoms with Gasteiger partial charge in [-0.1, -0.05) is 17.7 Å². The first-order chi connectivity index (χ1) is 8.13. The zero-order valence-corrected chi connectivity index (χ0v) is 10.8. The van der Waals surface area contributed by atoms with Crippen LogP contribution in [0.5, 0.6) is 0 Å². The zero-order chi connectivity index (χ0) is 12.4. The maximum Gasteiger partial charge on any atom is 0.181 e. The highest BCUT2D eigenvalue weighted by molar-refractivity contribution is 5.68. The molecule has 1 aromatic heterocycles. The Labute approximate surface area is 102 Å². The van der Waals surface area contributed by atoms with E-state index in [0.29, 0.717) is 0 Å². The SMILES string of the molecule is CNCc1ncoc1-c1c(C)cc(C)cc1C. The van der Waals surface area contributed by atoms with Crippen LogP contribution in [0.4, 0.5) is 0 Å². The molecule has 2 rings (SSSR count). The van der Waals surface area contributed by atoms with Crippen molar-refractivity contribution >= 4 is 0 Å². The van der Waals surface area contributed by atoms with Crippen LogP contribution in [0.1, 0.15) is 22.4 Å². The van der Waals surface area contributed by atoms with Gasteiger partial charge in [0, 0.05) is 12.1 Å². The lowest BCUT2D eigenvalue weighted by molar-refractivity contribution is 0.569. The number of hydrogen-bond donors (Lipinski definition) is 1. The second-order valence-electron chi connectivity index (χ2n) is 4.43. The predicted octanol–water partition coefficient (Wildman–Crippen LogP) is 2.99. The van der Waals surface area contributed by atoms with Gasteiger partial charge < -0.3 is 9.73 Å². The highest BCUT2D eigenvalue weighted by Gasteiger charge is 2.14. The molecule has 1 heterocycles. The molecule has 1 N–H and O–H groups in total. The monoisotopic (exact) mass is 230 g/mol. The van der Waals surface area contributed by atoms with E-state index in [2.05, 4.69) is 43.2 Å². The van der Waals surface area contributed by atoms with E-state index in [-0.39, 0.29) is 0 Å². The Morgan fingerprint density at radius 3 is 2.41 bits per heavy atom. The highest BCUT2D eigenvalue weighted by Crippen LogP contribution is 2.30. The third kappa shape index (κ3) is 2.24. The molecule has 0 aliphatic carbocycles. The van der Waals surface area contributed by atoms with Crippen LogP contribution >= 0.6 is 0 Å². The van der Waals surface area contributed by atoms with Crippen molar-refractivity contribution < 1.29 is 4.42 Å². The van der Waals surface area contributed by atoms with Gasteiger partial charge in [0.05, 0.1) is 0 Å². The number of oxazole rings is 1. The number of benzene rings is 1. The Bertz CT molecular complexity index is 506. The third-order valence-corrected chi connectivity index (χ3v) is 2.89. The molecule has 0 radical (unpaired) electrons. The molecule has 0 saturated heterocycles. The van der Waals surface area contributed by atoms with Crippen LogP contribution in [0, 0.1) is 20.8 Å². The van der Waals surface area contributed by atoms with Gasteiger partial charge in [-0.25, -0.2) is 4.98 Å². The summed E-state index contributed by atoms with van der Waals surface area (Å²) in [6.07, 6.45) is 1.51. The lowest BCUT2D eigenvalue weighted by Crippen LogP contribution is -2.06. The molecule has 3 nitrogen and oxygen atoms in total. The molecular formula is C14H18N2O. The van der Waals surface area contributed by atoms with E-state index in [1.54, 1.807) is 0 Å². The van der Waals surface area contributed by atoms with Crippen LogP contribution in [0.25, 0.3) is 11.3 Å². The van der Waals surface area contributed by atoms with Crippen LogP contribution in [0.15, 0.2) is 22.9 Å². The van der Waals surface area contributed by atoms with Crippen LogP contribution in [-0.2, 0) is 6.54 Å². The fourth-order valence-electron chi connectivity index (χ4n) is 2.30. The summed E-state index contributed by atoms with van der Waals surface area (Å²) in [7, 11) is 1.91. The average molecular weight is 230 g/mol. The van der Waals surface area contributed by atoms with Crippen molar-refractivity contribution in [2.75, 3.05) is 7.05 Å². The van der Waals surface area contributed by atoms with E-state index >= 15 is 0 Å². The maximum atomic E-state index is 5.55. The second kappa shape index (κ2) is 4.72. The Morgan fingerprint density at radius 2 is 1.82 bits per heavy atom. The molecule has 0 unspecified atom stereocenters. The summed E-state index contributed by atoms with van der Waals surface area (Å²) in [6.45, 7) is 7.05. The first-order valence-corrected chi connectivity index (χ1v) is 5.78. The Hall–Kier alpha value is -1.61. The van der Waals surface area contributed by atoms with Crippen molar-refractivity contribution in [3.8, 4) is 11.3 Å². The van der Waals surface area contributed by atoms with Gasteiger partial charge >= 0.3 is 0 Å². The topological polar surface area (TPSA) is 38.1 Å². The fraction of sp³-hybridized carbons (Fsp3) is 0.357. The van der Waals surface area contributed by atoms with Gasteiger partial charge in [-0.05, 0) is 38.9 Å². The Balaban J connectivity index is 2.56. The standard InChI is InChI=1S/C14H18N2O/c1-9-5-10(2)13(11(3)6-9)14-12(7-15-4)16-8-17-14/h5-6,8,15H,7H2,1-4H3. The molecule has 3 heteroatoms. The van der Waals surface area contributed by atoms with Crippen molar-refractivity contribution in [2.45, 2.75) is 27.3 Å². The van der Waals surface area contributed by atoms with Crippen molar-refractivity contribution in [3.05, 3.63) is 40.9 Å². The average Bonchev–Trinajstić information content (AvgIpc) is 2.65. The number of nitrogens with one attached hydrogen (secondary N) is 1. The third-order valence-electron chi connectivity index (χ3n) is 2.89. The van der Waals surface area contributed by atoms with Crippen molar-refractivity contribution in [1.29, 1.82) is 0 Å². The summed E-state index contributed by atoms with van der Waals surface area (Å²) >= 11 is 0. The van der Waals surface area contributed by atoms with Crippen molar-refractivity contribution in [3.63, 3.8) is 0 Å². The maximum absolute atomic E-state index is 5.55. The van der Waals surface area contributed by atoms with E-state index in [0.717, 1.165) is 18.0 Å². The number of rotatable bonds is 3. The minimum Gasteiger partial charge on any atom is -0.443 e. The quantitative estimate of drug-likeness (QED) is 0.880. The van der Waals surface area contributed by atoms with Crippen molar-refractivity contribution in [2.24, 2.45) is 0 Å². The van der Waals surface area contributed by atoms with E-state index in [9.17, 15) is 0 Å². The van der Waals surface area contributed by atoms with Gasteiger partial charge in [0.25, 0.3) is 0 Å². The van der Waals surface area contributed by atoms with Gasteiger partial charge in [0.15, 0.2) is 12.2 Å². The largest absolute Gasteiger partial charge is 0.443 e. The van der Waals surface area contributed by atoms with E-state index in [1.165, 1.54) is 28.6 Å². The molecular weight excluding hydrogens is 212 g/mol. The first-order valence-electron chi connectivity index (χ1n) is 5.78. The lowest BCUT2D eigenvalue weighted by Gasteiger charge is -2.10. The molecule has 0 atom stereocenters. The summed E-state index contributed by atoms with van der Waals surface area (Å²) in [5.74, 6) is 0.884. The lowest BCUT2D eigenvalue weighted by atomic mass is 9.97. The van der Waals surface area contributed by atoms with Gasteiger partial charge in [0.1, 0.15) is 5.69 Å². The van der Waals surface area contributed by atoms with Gasteiger partial charge in [0.2, 0.25) is 0 Å². The summed E-state index contributed by atoms with van der Waals surface area (Å²) < 4.78 is 5.55. The molecule has 0 fully saturated rings. The Kier molecular flexibility index (Phi) is 3.29. The van der Waals surface area contributed by atoms with Crippen LogP contribution in [0.3, 0.4) is 0 Å². The number of nitrogens with zero attached hydrogens (tertiary/aromatic N) is 1. The zero-order valence-electron chi connectivity index (χ0n) is 10.8. The second-order valence-corrected chi connectivity index (χ2v) is 4.43. The molecule has 90 valence electrons. The summed E-state index contributed by atoms with van der Waals surface area (Å²) in [5, 5.41) is 3.11. The van der Waals surface area contributed by atoms with Crippen LogP contribution in [0.2, 0.25) is 0 Å². The first kappa shape index (κ1) is 11.9. The molecule has 1 aromatic carbocycles. The molecule has 0 aliphatic rings. The molecule has 0 aliphatic heterocycles. The molecule has 0 amide bonds. The molecule has 0 bridgehead atoms. The Morgan fingerprint density at radius 1 is 1.18 bits per heavy atom. The van der Waals surface area contributed by atoms with E-state index in [4.69, 9.17) is 4.42 Å². The minimum absolute atomic E-state index is 0.721. The predicted molar refractivity (Wildman–Crippen MR) is 68.9 cm³/mol. The van der Waals surface area contributed by atoms with Crippen LogP contribution in [-0.4, -0.2) is 12.0 Å². The van der Waals surface area contributed by atoms with Gasteiger partial charge in [-0.15, -0.1) is 0 Å². The van der Waals surface area contributed by atoms with E-state index in [1.807, 2.05) is 7.05 Å². The molecule has 17 heavy (non-hydrogen) atoms. The molecule has 0 spiro atoms. The molecule has 0 saturated carbocycles. The van der Waals surface area contributed by atoms with Gasteiger partial charge in [-0.2, -0.15) is 0 Å². The summed E-state index contributed by atoms with van der Waals surface area (Å²) in [4.78, 5) is 4.26. The molecule has 2 aromatic rings. The summed E-state index contributed by atoms with van der Waals surface area (Å²) in [6, 6.07) is 4.35. The smallest absolute Gasteiger partial charge is 0.181 e. The van der Waals surface area contributed by atoms with Crippen molar-refractivity contribution in [1.82, 2.24) is 10.3 Å². The van der Waals surface area contributed by atoms with E-state index < -0.39 is 0 Å².